The zero-order valence-corrected chi connectivity index (χ0v) is 14.4. The highest BCUT2D eigenvalue weighted by molar-refractivity contribution is 5.94. The van der Waals surface area contributed by atoms with Gasteiger partial charge in [-0.2, -0.15) is 0 Å². The highest BCUT2D eigenvalue weighted by Crippen LogP contribution is 2.15. The number of benzene rings is 1. The lowest BCUT2D eigenvalue weighted by molar-refractivity contribution is 0.0342. The van der Waals surface area contributed by atoms with Gasteiger partial charge in [-0.1, -0.05) is 12.1 Å². The van der Waals surface area contributed by atoms with Crippen LogP contribution < -0.4 is 5.32 Å². The molecule has 3 heterocycles. The molecule has 2 aliphatic heterocycles. The van der Waals surface area contributed by atoms with E-state index in [2.05, 4.69) is 25.8 Å². The molecule has 2 aromatic rings. The van der Waals surface area contributed by atoms with Crippen LogP contribution in [0, 0.1) is 0 Å². The number of nitrogens with zero attached hydrogens (tertiary/aromatic N) is 3. The molecule has 0 radical (unpaired) electrons. The smallest absolute Gasteiger partial charge is 0.251 e. The maximum Gasteiger partial charge on any atom is 0.251 e. The predicted molar refractivity (Wildman–Crippen MR) is 94.3 cm³/mol. The highest BCUT2D eigenvalue weighted by atomic mass is 16.5. The number of ether oxygens (including phenoxy) is 1. The number of carbonyl (C=O) groups excluding carboxylic acids is 1. The number of hydrogen-bond acceptors (Lipinski definition) is 4. The van der Waals surface area contributed by atoms with Crippen LogP contribution in [-0.4, -0.2) is 52.7 Å². The van der Waals surface area contributed by atoms with Crippen LogP contribution in [0.1, 0.15) is 28.2 Å². The van der Waals surface area contributed by atoms with Crippen LogP contribution in [0.4, 0.5) is 0 Å². The summed E-state index contributed by atoms with van der Waals surface area (Å²) in [6.07, 6.45) is 5.66. The molecule has 4 rings (SSSR count). The van der Waals surface area contributed by atoms with E-state index >= 15 is 0 Å². The van der Waals surface area contributed by atoms with Gasteiger partial charge in [-0.25, -0.2) is 4.98 Å². The molecule has 1 atom stereocenters. The molecular weight excluding hydrogens is 316 g/mol. The third-order valence-electron chi connectivity index (χ3n) is 4.97. The summed E-state index contributed by atoms with van der Waals surface area (Å²) in [6.45, 7) is 5.15. The van der Waals surface area contributed by atoms with Gasteiger partial charge >= 0.3 is 0 Å². The molecule has 6 heteroatoms. The molecule has 1 amide bonds. The number of imidazole rings is 1. The van der Waals surface area contributed by atoms with Crippen molar-refractivity contribution in [2.24, 2.45) is 0 Å². The van der Waals surface area contributed by atoms with E-state index in [1.54, 1.807) is 0 Å². The standard InChI is InChI=1S/C19H24N4O2/c24-19(21-17-4-5-18-20-6-7-23(18)14-17)16-3-1-2-15(12-16)13-22-8-10-25-11-9-22/h1-3,6-7,12,17H,4-5,8-11,13-14H2,(H,21,24)/t17-/m1/s1. The Balaban J connectivity index is 1.38. The fourth-order valence-electron chi connectivity index (χ4n) is 3.58. The van der Waals surface area contributed by atoms with Gasteiger partial charge in [-0.05, 0) is 24.1 Å². The van der Waals surface area contributed by atoms with Crippen molar-refractivity contribution in [2.45, 2.75) is 32.0 Å². The molecule has 132 valence electrons. The fourth-order valence-corrected chi connectivity index (χ4v) is 3.58. The first-order valence-corrected chi connectivity index (χ1v) is 8.98. The molecule has 0 unspecified atom stereocenters. The third-order valence-corrected chi connectivity index (χ3v) is 4.97. The molecule has 0 bridgehead atoms. The average molecular weight is 340 g/mol. The van der Waals surface area contributed by atoms with Crippen LogP contribution in [0.2, 0.25) is 0 Å². The number of morpholine rings is 1. The van der Waals surface area contributed by atoms with Crippen LogP contribution in [0.5, 0.6) is 0 Å². The van der Waals surface area contributed by atoms with Crippen LogP contribution in [0.3, 0.4) is 0 Å². The minimum absolute atomic E-state index is 0.0115. The molecule has 2 aliphatic rings. The summed E-state index contributed by atoms with van der Waals surface area (Å²) in [5.74, 6) is 1.12. The van der Waals surface area contributed by atoms with E-state index in [9.17, 15) is 4.79 Å². The van der Waals surface area contributed by atoms with Gasteiger partial charge in [0.05, 0.1) is 13.2 Å². The van der Waals surface area contributed by atoms with Gasteiger partial charge in [0.2, 0.25) is 0 Å². The van der Waals surface area contributed by atoms with Crippen molar-refractivity contribution in [3.63, 3.8) is 0 Å². The molecule has 0 aliphatic carbocycles. The van der Waals surface area contributed by atoms with E-state index in [0.29, 0.717) is 0 Å². The number of aryl methyl sites for hydroxylation is 1. The maximum absolute atomic E-state index is 12.6. The molecular formula is C19H24N4O2. The number of fused-ring (bicyclic) bond motifs is 1. The number of hydrogen-bond donors (Lipinski definition) is 1. The Morgan fingerprint density at radius 2 is 2.20 bits per heavy atom. The molecule has 1 aromatic carbocycles. The molecule has 0 saturated carbocycles. The molecule has 1 fully saturated rings. The van der Waals surface area contributed by atoms with E-state index in [1.807, 2.05) is 30.6 Å². The lowest BCUT2D eigenvalue weighted by atomic mass is 10.1. The first-order chi connectivity index (χ1) is 12.3. The average Bonchev–Trinajstić information content (AvgIpc) is 3.10. The first-order valence-electron chi connectivity index (χ1n) is 8.98. The van der Waals surface area contributed by atoms with Crippen molar-refractivity contribution in [1.82, 2.24) is 19.8 Å². The Kier molecular flexibility index (Phi) is 4.81. The summed E-state index contributed by atoms with van der Waals surface area (Å²) in [5, 5.41) is 3.18. The van der Waals surface area contributed by atoms with Gasteiger partial charge in [0.1, 0.15) is 5.82 Å². The van der Waals surface area contributed by atoms with Crippen molar-refractivity contribution in [3.05, 3.63) is 53.6 Å². The van der Waals surface area contributed by atoms with Gasteiger partial charge in [-0.3, -0.25) is 9.69 Å². The monoisotopic (exact) mass is 340 g/mol. The zero-order valence-electron chi connectivity index (χ0n) is 14.4. The first kappa shape index (κ1) is 16.3. The zero-order chi connectivity index (χ0) is 17.1. The quantitative estimate of drug-likeness (QED) is 0.915. The van der Waals surface area contributed by atoms with E-state index < -0.39 is 0 Å². The largest absolute Gasteiger partial charge is 0.379 e. The van der Waals surface area contributed by atoms with Gasteiger partial charge in [-0.15, -0.1) is 0 Å². The van der Waals surface area contributed by atoms with Gasteiger partial charge in [0.15, 0.2) is 0 Å². The SMILES string of the molecule is O=C(N[C@@H]1CCc2nccn2C1)c1cccc(CN2CCOCC2)c1. The molecule has 6 nitrogen and oxygen atoms in total. The van der Waals surface area contributed by atoms with Gasteiger partial charge in [0, 0.05) is 56.6 Å². The van der Waals surface area contributed by atoms with Crippen molar-refractivity contribution in [2.75, 3.05) is 26.3 Å². The minimum atomic E-state index is 0.0115. The van der Waals surface area contributed by atoms with E-state index in [1.165, 1.54) is 5.56 Å². The van der Waals surface area contributed by atoms with Crippen molar-refractivity contribution in [1.29, 1.82) is 0 Å². The summed E-state index contributed by atoms with van der Waals surface area (Å²) >= 11 is 0. The molecule has 1 aromatic heterocycles. The van der Waals surface area contributed by atoms with Crippen molar-refractivity contribution in [3.8, 4) is 0 Å². The lowest BCUT2D eigenvalue weighted by Crippen LogP contribution is -2.41. The van der Waals surface area contributed by atoms with Gasteiger partial charge in [0.25, 0.3) is 5.91 Å². The van der Waals surface area contributed by atoms with Crippen LogP contribution >= 0.6 is 0 Å². The summed E-state index contributed by atoms with van der Waals surface area (Å²) in [4.78, 5) is 19.3. The second-order valence-corrected chi connectivity index (χ2v) is 6.79. The molecule has 1 N–H and O–H groups in total. The van der Waals surface area contributed by atoms with E-state index in [4.69, 9.17) is 4.74 Å². The normalized spacial score (nSPS) is 20.9. The van der Waals surface area contributed by atoms with Crippen LogP contribution in [0.25, 0.3) is 0 Å². The number of amides is 1. The van der Waals surface area contributed by atoms with E-state index in [0.717, 1.165) is 63.6 Å². The van der Waals surface area contributed by atoms with Gasteiger partial charge < -0.3 is 14.6 Å². The Labute approximate surface area is 147 Å². The minimum Gasteiger partial charge on any atom is -0.379 e. The predicted octanol–water partition coefficient (Wildman–Crippen LogP) is 1.46. The maximum atomic E-state index is 12.6. The molecule has 0 spiro atoms. The second-order valence-electron chi connectivity index (χ2n) is 6.79. The van der Waals surface area contributed by atoms with Crippen molar-refractivity contribution < 1.29 is 9.53 Å². The second kappa shape index (κ2) is 7.37. The number of rotatable bonds is 4. The topological polar surface area (TPSA) is 59.4 Å². The Morgan fingerprint density at radius 1 is 1.32 bits per heavy atom. The Hall–Kier alpha value is -2.18. The summed E-state index contributed by atoms with van der Waals surface area (Å²) in [7, 11) is 0. The molecule has 1 saturated heterocycles. The van der Waals surface area contributed by atoms with Crippen LogP contribution in [-0.2, 0) is 24.2 Å². The fraction of sp³-hybridized carbons (Fsp3) is 0.474. The van der Waals surface area contributed by atoms with Crippen molar-refractivity contribution >= 4 is 5.91 Å². The Bertz CT molecular complexity index is 737. The number of carbonyl (C=O) groups is 1. The lowest BCUT2D eigenvalue weighted by Gasteiger charge is -2.27. The summed E-state index contributed by atoms with van der Waals surface area (Å²) in [5.41, 5.74) is 1.91. The Morgan fingerprint density at radius 3 is 3.08 bits per heavy atom. The molecule has 25 heavy (non-hydrogen) atoms. The number of nitrogens with one attached hydrogen (secondary N) is 1. The summed E-state index contributed by atoms with van der Waals surface area (Å²) < 4.78 is 7.52. The van der Waals surface area contributed by atoms with Crippen LogP contribution in [0.15, 0.2) is 36.7 Å². The third kappa shape index (κ3) is 3.91. The van der Waals surface area contributed by atoms with E-state index in [-0.39, 0.29) is 11.9 Å². The summed E-state index contributed by atoms with van der Waals surface area (Å²) in [6, 6.07) is 8.13. The number of aromatic nitrogens is 2. The highest BCUT2D eigenvalue weighted by Gasteiger charge is 2.21.